The van der Waals surface area contributed by atoms with Crippen LogP contribution in [0, 0.1) is 18.6 Å². The molecule has 2 nitrogen and oxygen atoms in total. The van der Waals surface area contributed by atoms with Crippen LogP contribution in [0.5, 0.6) is 0 Å². The van der Waals surface area contributed by atoms with Crippen LogP contribution in [0.25, 0.3) is 11.3 Å². The van der Waals surface area contributed by atoms with Gasteiger partial charge in [-0.15, -0.1) is 0 Å². The summed E-state index contributed by atoms with van der Waals surface area (Å²) in [6, 6.07) is 14.5. The molecule has 0 saturated heterocycles. The minimum absolute atomic E-state index is 0.312. The quantitative estimate of drug-likeness (QED) is 0.661. The summed E-state index contributed by atoms with van der Waals surface area (Å²) in [6.45, 7) is 1.97. The molecule has 0 aliphatic carbocycles. The highest BCUT2D eigenvalue weighted by Gasteiger charge is 2.06. The summed E-state index contributed by atoms with van der Waals surface area (Å²) >= 11 is 0. The van der Waals surface area contributed by atoms with Gasteiger partial charge in [-0.25, -0.2) is 8.78 Å². The van der Waals surface area contributed by atoms with Crippen LogP contribution in [0.1, 0.15) is 5.69 Å². The Bertz CT molecular complexity index is 686. The van der Waals surface area contributed by atoms with Crippen LogP contribution in [-0.4, -0.2) is 9.97 Å². The van der Waals surface area contributed by atoms with Gasteiger partial charge in [0.15, 0.2) is 0 Å². The van der Waals surface area contributed by atoms with E-state index in [9.17, 15) is 8.78 Å². The molecule has 0 N–H and O–H groups in total. The molecule has 0 bridgehead atoms. The Morgan fingerprint density at radius 1 is 0.810 bits per heavy atom. The minimum Gasteiger partial charge on any atom is -0.262 e. The van der Waals surface area contributed by atoms with Gasteiger partial charge in [-0.05, 0) is 43.3 Å². The lowest BCUT2D eigenvalue weighted by molar-refractivity contribution is 0.585. The molecule has 3 aromatic rings. The first-order valence-corrected chi connectivity index (χ1v) is 6.41. The van der Waals surface area contributed by atoms with E-state index in [1.54, 1.807) is 30.6 Å². The minimum atomic E-state index is -0.594. The molecule has 106 valence electrons. The highest BCUT2D eigenvalue weighted by molar-refractivity contribution is 5.59. The lowest BCUT2D eigenvalue weighted by atomic mass is 10.1. The lowest BCUT2D eigenvalue weighted by Crippen LogP contribution is -1.88. The number of pyridine rings is 2. The van der Waals surface area contributed by atoms with Crippen molar-refractivity contribution in [1.29, 1.82) is 0 Å². The number of hydrogen-bond donors (Lipinski definition) is 0. The van der Waals surface area contributed by atoms with Gasteiger partial charge in [0.1, 0.15) is 11.6 Å². The maximum Gasteiger partial charge on any atom is 0.135 e. The van der Waals surface area contributed by atoms with Crippen molar-refractivity contribution in [2.45, 2.75) is 6.92 Å². The highest BCUT2D eigenvalue weighted by Crippen LogP contribution is 2.20. The van der Waals surface area contributed by atoms with Gasteiger partial charge in [-0.2, -0.15) is 0 Å². The Labute approximate surface area is 122 Å². The molecule has 3 rings (SSSR count). The average molecular weight is 284 g/mol. The molecule has 0 saturated carbocycles. The molecule has 2 heterocycles. The third kappa shape index (κ3) is 4.45. The van der Waals surface area contributed by atoms with E-state index in [2.05, 4.69) is 9.97 Å². The van der Waals surface area contributed by atoms with Crippen molar-refractivity contribution in [1.82, 2.24) is 9.97 Å². The Morgan fingerprint density at radius 3 is 2.00 bits per heavy atom. The molecule has 0 unspecified atom stereocenters. The SMILES string of the molecule is Cc1ccccn1.Fc1ccc(-c2ccccn2)c(F)c1. The molecule has 21 heavy (non-hydrogen) atoms. The predicted octanol–water partition coefficient (Wildman–Crippen LogP) is 4.42. The van der Waals surface area contributed by atoms with E-state index in [-0.39, 0.29) is 0 Å². The average Bonchev–Trinajstić information content (AvgIpc) is 2.49. The highest BCUT2D eigenvalue weighted by atomic mass is 19.1. The predicted molar refractivity (Wildman–Crippen MR) is 78.6 cm³/mol. The molecule has 0 aliphatic rings. The van der Waals surface area contributed by atoms with Crippen LogP contribution in [-0.2, 0) is 0 Å². The third-order valence-electron chi connectivity index (χ3n) is 2.68. The van der Waals surface area contributed by atoms with Gasteiger partial charge in [0.25, 0.3) is 0 Å². The summed E-state index contributed by atoms with van der Waals surface area (Å²) in [7, 11) is 0. The summed E-state index contributed by atoms with van der Waals surface area (Å²) < 4.78 is 25.9. The molecule has 2 aromatic heterocycles. The first-order chi connectivity index (χ1) is 10.2. The fourth-order valence-electron chi connectivity index (χ4n) is 1.67. The van der Waals surface area contributed by atoms with E-state index in [0.29, 0.717) is 11.3 Å². The van der Waals surface area contributed by atoms with Crippen LogP contribution >= 0.6 is 0 Å². The van der Waals surface area contributed by atoms with E-state index in [1.807, 2.05) is 25.1 Å². The number of benzene rings is 1. The first-order valence-electron chi connectivity index (χ1n) is 6.41. The molecule has 0 amide bonds. The number of aryl methyl sites for hydroxylation is 1. The molecule has 0 atom stereocenters. The maximum atomic E-state index is 13.3. The van der Waals surface area contributed by atoms with Crippen LogP contribution in [0.15, 0.2) is 67.0 Å². The first kappa shape index (κ1) is 14.8. The van der Waals surface area contributed by atoms with Crippen molar-refractivity contribution in [3.8, 4) is 11.3 Å². The fourth-order valence-corrected chi connectivity index (χ4v) is 1.67. The van der Waals surface area contributed by atoms with Crippen molar-refractivity contribution in [2.24, 2.45) is 0 Å². The van der Waals surface area contributed by atoms with E-state index < -0.39 is 11.6 Å². The Kier molecular flexibility index (Phi) is 5.10. The molecule has 0 radical (unpaired) electrons. The topological polar surface area (TPSA) is 25.8 Å². The van der Waals surface area contributed by atoms with Crippen LogP contribution in [0.3, 0.4) is 0 Å². The van der Waals surface area contributed by atoms with Gasteiger partial charge in [0, 0.05) is 29.7 Å². The second kappa shape index (κ2) is 7.24. The van der Waals surface area contributed by atoms with E-state index in [4.69, 9.17) is 0 Å². The number of nitrogens with zero attached hydrogens (tertiary/aromatic N) is 2. The number of rotatable bonds is 1. The largest absolute Gasteiger partial charge is 0.262 e. The lowest BCUT2D eigenvalue weighted by Gasteiger charge is -2.01. The summed E-state index contributed by atoms with van der Waals surface area (Å²) in [5, 5.41) is 0. The molecule has 4 heteroatoms. The standard InChI is InChI=1S/C11H7F2N.C6H7N/c12-8-4-5-9(10(13)7-8)11-3-1-2-6-14-11;1-6-4-2-3-5-7-6/h1-7H;2-5H,1H3. The maximum absolute atomic E-state index is 13.3. The summed E-state index contributed by atoms with van der Waals surface area (Å²) in [6.07, 6.45) is 3.35. The van der Waals surface area contributed by atoms with Crippen LogP contribution in [0.4, 0.5) is 8.78 Å². The zero-order valence-electron chi connectivity index (χ0n) is 11.5. The molecule has 0 fully saturated rings. The monoisotopic (exact) mass is 284 g/mol. The third-order valence-corrected chi connectivity index (χ3v) is 2.68. The number of halogens is 2. The van der Waals surface area contributed by atoms with Gasteiger partial charge < -0.3 is 0 Å². The Hall–Kier alpha value is -2.62. The molecular weight excluding hydrogens is 270 g/mol. The molecule has 0 aliphatic heterocycles. The van der Waals surface area contributed by atoms with E-state index >= 15 is 0 Å². The van der Waals surface area contributed by atoms with Crippen molar-refractivity contribution in [3.05, 3.63) is 84.3 Å². The van der Waals surface area contributed by atoms with Gasteiger partial charge >= 0.3 is 0 Å². The van der Waals surface area contributed by atoms with Crippen molar-refractivity contribution < 1.29 is 8.78 Å². The zero-order valence-corrected chi connectivity index (χ0v) is 11.5. The van der Waals surface area contributed by atoms with Crippen molar-refractivity contribution >= 4 is 0 Å². The van der Waals surface area contributed by atoms with Crippen molar-refractivity contribution in [3.63, 3.8) is 0 Å². The van der Waals surface area contributed by atoms with E-state index in [0.717, 1.165) is 11.8 Å². The molecular formula is C17H14F2N2. The normalized spacial score (nSPS) is 9.67. The fraction of sp³-hybridized carbons (Fsp3) is 0.0588. The van der Waals surface area contributed by atoms with Crippen molar-refractivity contribution in [2.75, 3.05) is 0 Å². The second-order valence-corrected chi connectivity index (χ2v) is 4.31. The smallest absolute Gasteiger partial charge is 0.135 e. The van der Waals surface area contributed by atoms with Gasteiger partial charge in [0.05, 0.1) is 5.69 Å². The van der Waals surface area contributed by atoms with Gasteiger partial charge in [0.2, 0.25) is 0 Å². The second-order valence-electron chi connectivity index (χ2n) is 4.31. The van der Waals surface area contributed by atoms with Crippen LogP contribution < -0.4 is 0 Å². The number of hydrogen-bond acceptors (Lipinski definition) is 2. The Balaban J connectivity index is 0.000000194. The molecule has 0 spiro atoms. The van der Waals surface area contributed by atoms with E-state index in [1.165, 1.54) is 12.1 Å². The van der Waals surface area contributed by atoms with Gasteiger partial charge in [-0.3, -0.25) is 9.97 Å². The summed E-state index contributed by atoms with van der Waals surface area (Å²) in [4.78, 5) is 7.96. The Morgan fingerprint density at radius 2 is 1.52 bits per heavy atom. The zero-order chi connectivity index (χ0) is 15.1. The van der Waals surface area contributed by atoms with Gasteiger partial charge in [-0.1, -0.05) is 12.1 Å². The summed E-state index contributed by atoms with van der Waals surface area (Å²) in [5.41, 5.74) is 1.89. The molecule has 1 aromatic carbocycles. The summed E-state index contributed by atoms with van der Waals surface area (Å²) in [5.74, 6) is -1.18. The number of aromatic nitrogens is 2. The van der Waals surface area contributed by atoms with Crippen LogP contribution in [0.2, 0.25) is 0 Å².